The van der Waals surface area contributed by atoms with Crippen LogP contribution in [0.3, 0.4) is 0 Å². The monoisotopic (exact) mass is 364 g/mol. The van der Waals surface area contributed by atoms with E-state index < -0.39 is 0 Å². The number of benzene rings is 4. The van der Waals surface area contributed by atoms with Crippen molar-refractivity contribution in [3.63, 3.8) is 0 Å². The second-order valence-corrected chi connectivity index (χ2v) is 6.67. The fourth-order valence-electron chi connectivity index (χ4n) is 3.11. The molecule has 0 heterocycles. The number of aldehydes is 1. The van der Waals surface area contributed by atoms with Gasteiger partial charge in [-0.25, -0.2) is 0 Å². The van der Waals surface area contributed by atoms with E-state index in [1.54, 1.807) is 0 Å². The first kappa shape index (κ1) is 17.7. The SMILES string of the molecule is O=Cc1ccc(Cc2ccc(Oc3ccc(-c4ccccc4)cc3)cc2)cc1. The lowest BCUT2D eigenvalue weighted by atomic mass is 10.0. The van der Waals surface area contributed by atoms with Crippen LogP contribution in [0.15, 0.2) is 103 Å². The third-order valence-corrected chi connectivity index (χ3v) is 4.64. The summed E-state index contributed by atoms with van der Waals surface area (Å²) in [5.74, 6) is 1.63. The van der Waals surface area contributed by atoms with Gasteiger partial charge in [-0.3, -0.25) is 4.79 Å². The maximum atomic E-state index is 10.7. The molecule has 2 nitrogen and oxygen atoms in total. The van der Waals surface area contributed by atoms with E-state index in [2.05, 4.69) is 36.4 Å². The number of ether oxygens (including phenoxy) is 1. The first-order valence-corrected chi connectivity index (χ1v) is 9.26. The number of carbonyl (C=O) groups excluding carboxylic acids is 1. The molecule has 0 saturated carbocycles. The molecule has 0 fully saturated rings. The Morgan fingerprint density at radius 3 is 1.64 bits per heavy atom. The summed E-state index contributed by atoms with van der Waals surface area (Å²) >= 11 is 0. The topological polar surface area (TPSA) is 26.3 Å². The highest BCUT2D eigenvalue weighted by atomic mass is 16.5. The Morgan fingerprint density at radius 1 is 0.571 bits per heavy atom. The van der Waals surface area contributed by atoms with Crippen molar-refractivity contribution in [2.75, 3.05) is 0 Å². The third-order valence-electron chi connectivity index (χ3n) is 4.64. The van der Waals surface area contributed by atoms with Crippen LogP contribution in [-0.2, 0) is 6.42 Å². The first-order chi connectivity index (χ1) is 13.8. The van der Waals surface area contributed by atoms with Gasteiger partial charge < -0.3 is 4.74 Å². The molecule has 4 aromatic carbocycles. The zero-order chi connectivity index (χ0) is 19.2. The van der Waals surface area contributed by atoms with Crippen LogP contribution < -0.4 is 4.74 Å². The van der Waals surface area contributed by atoms with E-state index in [0.29, 0.717) is 5.56 Å². The van der Waals surface area contributed by atoms with E-state index in [0.717, 1.165) is 24.2 Å². The molecular weight excluding hydrogens is 344 g/mol. The smallest absolute Gasteiger partial charge is 0.150 e. The van der Waals surface area contributed by atoms with Crippen molar-refractivity contribution >= 4 is 6.29 Å². The number of hydrogen-bond acceptors (Lipinski definition) is 2. The summed E-state index contributed by atoms with van der Waals surface area (Å²) in [6.45, 7) is 0. The summed E-state index contributed by atoms with van der Waals surface area (Å²) in [6.07, 6.45) is 1.69. The van der Waals surface area contributed by atoms with E-state index in [-0.39, 0.29) is 0 Å². The lowest BCUT2D eigenvalue weighted by Crippen LogP contribution is -1.90. The summed E-state index contributed by atoms with van der Waals surface area (Å²) in [6, 6.07) is 34.2. The molecular formula is C26H20O2. The standard InChI is InChI=1S/C26H20O2/c27-19-22-8-6-20(7-9-22)18-21-10-14-25(15-11-21)28-26-16-12-24(13-17-26)23-4-2-1-3-5-23/h1-17,19H,18H2. The quantitative estimate of drug-likeness (QED) is 0.363. The first-order valence-electron chi connectivity index (χ1n) is 9.26. The van der Waals surface area contributed by atoms with Gasteiger partial charge in [-0.05, 0) is 52.9 Å². The molecule has 0 saturated heterocycles. The van der Waals surface area contributed by atoms with Crippen molar-refractivity contribution in [3.05, 3.63) is 120 Å². The van der Waals surface area contributed by atoms with E-state index >= 15 is 0 Å². The molecule has 0 bridgehead atoms. The minimum Gasteiger partial charge on any atom is -0.457 e. The van der Waals surface area contributed by atoms with Gasteiger partial charge in [-0.2, -0.15) is 0 Å². The number of rotatable bonds is 6. The summed E-state index contributed by atoms with van der Waals surface area (Å²) in [5, 5.41) is 0. The molecule has 0 amide bonds. The predicted molar refractivity (Wildman–Crippen MR) is 113 cm³/mol. The molecule has 0 N–H and O–H groups in total. The maximum absolute atomic E-state index is 10.7. The molecule has 0 aliphatic rings. The van der Waals surface area contributed by atoms with Crippen LogP contribution in [0.25, 0.3) is 11.1 Å². The molecule has 0 atom stereocenters. The lowest BCUT2D eigenvalue weighted by molar-refractivity contribution is 0.112. The van der Waals surface area contributed by atoms with Crippen LogP contribution in [0, 0.1) is 0 Å². The van der Waals surface area contributed by atoms with Gasteiger partial charge in [0.2, 0.25) is 0 Å². The molecule has 28 heavy (non-hydrogen) atoms. The fraction of sp³-hybridized carbons (Fsp3) is 0.0385. The minimum absolute atomic E-state index is 0.700. The van der Waals surface area contributed by atoms with Crippen LogP contribution in [0.4, 0.5) is 0 Å². The van der Waals surface area contributed by atoms with Crippen molar-refractivity contribution in [1.29, 1.82) is 0 Å². The lowest BCUT2D eigenvalue weighted by Gasteiger charge is -2.08. The van der Waals surface area contributed by atoms with E-state index in [4.69, 9.17) is 4.74 Å². The van der Waals surface area contributed by atoms with Gasteiger partial charge in [-0.1, -0.05) is 78.9 Å². The molecule has 136 valence electrons. The van der Waals surface area contributed by atoms with Gasteiger partial charge in [0.25, 0.3) is 0 Å². The van der Waals surface area contributed by atoms with E-state index in [1.165, 1.54) is 22.3 Å². The summed E-state index contributed by atoms with van der Waals surface area (Å²) < 4.78 is 5.97. The van der Waals surface area contributed by atoms with Gasteiger partial charge in [0.1, 0.15) is 17.8 Å². The highest BCUT2D eigenvalue weighted by Gasteiger charge is 2.02. The summed E-state index contributed by atoms with van der Waals surface area (Å²) in [5.41, 5.74) is 5.44. The summed E-state index contributed by atoms with van der Waals surface area (Å²) in [4.78, 5) is 10.7. The Balaban J connectivity index is 1.40. The Hall–Kier alpha value is -3.65. The zero-order valence-electron chi connectivity index (χ0n) is 15.4. The maximum Gasteiger partial charge on any atom is 0.150 e. The molecule has 0 radical (unpaired) electrons. The van der Waals surface area contributed by atoms with Crippen LogP contribution in [0.2, 0.25) is 0 Å². The molecule has 0 aliphatic carbocycles. The van der Waals surface area contributed by atoms with Crippen LogP contribution in [0.5, 0.6) is 11.5 Å². The van der Waals surface area contributed by atoms with Crippen LogP contribution >= 0.6 is 0 Å². The Bertz CT molecular complexity index is 1030. The Morgan fingerprint density at radius 2 is 1.07 bits per heavy atom. The highest BCUT2D eigenvalue weighted by molar-refractivity contribution is 5.74. The van der Waals surface area contributed by atoms with Gasteiger partial charge >= 0.3 is 0 Å². The fourth-order valence-corrected chi connectivity index (χ4v) is 3.11. The second-order valence-electron chi connectivity index (χ2n) is 6.67. The third kappa shape index (κ3) is 4.36. The number of hydrogen-bond donors (Lipinski definition) is 0. The van der Waals surface area contributed by atoms with Crippen molar-refractivity contribution in [2.45, 2.75) is 6.42 Å². The Kier molecular flexibility index (Phi) is 5.30. The Labute approximate surface area is 165 Å². The van der Waals surface area contributed by atoms with Crippen LogP contribution in [0.1, 0.15) is 21.5 Å². The molecule has 4 aromatic rings. The summed E-state index contributed by atoms with van der Waals surface area (Å²) in [7, 11) is 0. The van der Waals surface area contributed by atoms with Gasteiger partial charge in [-0.15, -0.1) is 0 Å². The molecule has 4 rings (SSSR count). The second kappa shape index (κ2) is 8.36. The van der Waals surface area contributed by atoms with Crippen molar-refractivity contribution in [2.24, 2.45) is 0 Å². The average Bonchev–Trinajstić information content (AvgIpc) is 2.77. The predicted octanol–water partition coefficient (Wildman–Crippen LogP) is 6.55. The van der Waals surface area contributed by atoms with E-state index in [9.17, 15) is 4.79 Å². The molecule has 0 spiro atoms. The van der Waals surface area contributed by atoms with E-state index in [1.807, 2.05) is 66.7 Å². The zero-order valence-corrected chi connectivity index (χ0v) is 15.4. The largest absolute Gasteiger partial charge is 0.457 e. The normalized spacial score (nSPS) is 10.4. The molecule has 0 aromatic heterocycles. The number of carbonyl (C=O) groups is 1. The van der Waals surface area contributed by atoms with Gasteiger partial charge in [0, 0.05) is 5.56 Å². The van der Waals surface area contributed by atoms with Crippen molar-refractivity contribution in [1.82, 2.24) is 0 Å². The van der Waals surface area contributed by atoms with Crippen LogP contribution in [-0.4, -0.2) is 6.29 Å². The van der Waals surface area contributed by atoms with Crippen molar-refractivity contribution < 1.29 is 9.53 Å². The molecule has 0 aliphatic heterocycles. The van der Waals surface area contributed by atoms with Gasteiger partial charge in [0.15, 0.2) is 0 Å². The molecule has 2 heteroatoms. The van der Waals surface area contributed by atoms with Crippen molar-refractivity contribution in [3.8, 4) is 22.6 Å². The molecule has 0 unspecified atom stereocenters. The van der Waals surface area contributed by atoms with Gasteiger partial charge in [0.05, 0.1) is 0 Å². The highest BCUT2D eigenvalue weighted by Crippen LogP contribution is 2.26. The average molecular weight is 364 g/mol. The minimum atomic E-state index is 0.700.